The number of halogens is 1. The van der Waals surface area contributed by atoms with E-state index >= 15 is 0 Å². The molecule has 0 atom stereocenters. The number of hydrogen-bond acceptors (Lipinski definition) is 2. The fourth-order valence-corrected chi connectivity index (χ4v) is 1.20. The third-order valence-corrected chi connectivity index (χ3v) is 2.21. The molecule has 0 rings (SSSR count). The molecule has 0 spiro atoms. The van der Waals surface area contributed by atoms with Crippen LogP contribution in [0, 0.1) is 11.3 Å². The van der Waals surface area contributed by atoms with E-state index in [1.807, 2.05) is 13.0 Å². The van der Waals surface area contributed by atoms with Gasteiger partial charge < -0.3 is 5.32 Å². The summed E-state index contributed by atoms with van der Waals surface area (Å²) in [6.07, 6.45) is 4.06. The third kappa shape index (κ3) is 4.14. The standard InChI is InChI=1S/C13H17FN2/c1-5-12(6-2)13(10(3)8-15)9-16-11(4)7-14/h5-7,16H,1,9H2,2-4H3/b11-7+,12-6+,13-10-. The Hall–Kier alpha value is -1.82. The van der Waals surface area contributed by atoms with Gasteiger partial charge in [-0.25, -0.2) is 4.39 Å². The Morgan fingerprint density at radius 3 is 2.50 bits per heavy atom. The zero-order valence-electron chi connectivity index (χ0n) is 9.97. The first-order valence-corrected chi connectivity index (χ1v) is 5.00. The molecule has 3 heteroatoms. The lowest BCUT2D eigenvalue weighted by Gasteiger charge is -2.11. The predicted octanol–water partition coefficient (Wildman–Crippen LogP) is 3.38. The van der Waals surface area contributed by atoms with Crippen LogP contribution >= 0.6 is 0 Å². The van der Waals surface area contributed by atoms with Gasteiger partial charge in [0.2, 0.25) is 0 Å². The van der Waals surface area contributed by atoms with Gasteiger partial charge in [-0.05, 0) is 31.9 Å². The average molecular weight is 220 g/mol. The van der Waals surface area contributed by atoms with Crippen LogP contribution in [-0.4, -0.2) is 6.54 Å². The molecule has 0 bridgehead atoms. The van der Waals surface area contributed by atoms with Crippen LogP contribution in [0.15, 0.2) is 47.5 Å². The van der Waals surface area contributed by atoms with E-state index in [0.29, 0.717) is 24.1 Å². The Bertz CT molecular complexity index is 381. The van der Waals surface area contributed by atoms with Crippen molar-refractivity contribution in [2.24, 2.45) is 0 Å². The molecule has 0 unspecified atom stereocenters. The molecule has 0 heterocycles. The van der Waals surface area contributed by atoms with E-state index in [2.05, 4.69) is 18.0 Å². The number of rotatable bonds is 5. The summed E-state index contributed by atoms with van der Waals surface area (Å²) in [7, 11) is 0. The second-order valence-corrected chi connectivity index (χ2v) is 3.31. The van der Waals surface area contributed by atoms with Crippen LogP contribution in [0.3, 0.4) is 0 Å². The van der Waals surface area contributed by atoms with Crippen molar-refractivity contribution in [3.63, 3.8) is 0 Å². The largest absolute Gasteiger partial charge is 0.383 e. The van der Waals surface area contributed by atoms with Crippen molar-refractivity contribution in [1.82, 2.24) is 5.32 Å². The Labute approximate surface area is 96.5 Å². The van der Waals surface area contributed by atoms with E-state index in [9.17, 15) is 4.39 Å². The molecule has 1 N–H and O–H groups in total. The van der Waals surface area contributed by atoms with Crippen LogP contribution in [0.25, 0.3) is 0 Å². The van der Waals surface area contributed by atoms with Crippen LogP contribution in [-0.2, 0) is 0 Å². The lowest BCUT2D eigenvalue weighted by Crippen LogP contribution is -2.16. The fraction of sp³-hybridized carbons (Fsp3) is 0.308. The van der Waals surface area contributed by atoms with Crippen molar-refractivity contribution in [3.05, 3.63) is 47.5 Å². The topological polar surface area (TPSA) is 35.8 Å². The first-order valence-electron chi connectivity index (χ1n) is 5.00. The summed E-state index contributed by atoms with van der Waals surface area (Å²) in [4.78, 5) is 0. The molecule has 0 amide bonds. The summed E-state index contributed by atoms with van der Waals surface area (Å²) in [6.45, 7) is 9.34. The van der Waals surface area contributed by atoms with Gasteiger partial charge in [-0.15, -0.1) is 0 Å². The van der Waals surface area contributed by atoms with Crippen LogP contribution in [0.2, 0.25) is 0 Å². The monoisotopic (exact) mass is 220 g/mol. The van der Waals surface area contributed by atoms with Gasteiger partial charge >= 0.3 is 0 Å². The maximum absolute atomic E-state index is 12.1. The molecule has 0 saturated heterocycles. The van der Waals surface area contributed by atoms with E-state index in [1.165, 1.54) is 0 Å². The highest BCUT2D eigenvalue weighted by molar-refractivity contribution is 5.46. The molecular weight excluding hydrogens is 203 g/mol. The molecule has 0 saturated carbocycles. The maximum Gasteiger partial charge on any atom is 0.105 e. The summed E-state index contributed by atoms with van der Waals surface area (Å²) < 4.78 is 12.1. The predicted molar refractivity (Wildman–Crippen MR) is 65.1 cm³/mol. The normalized spacial score (nSPS) is 13.9. The van der Waals surface area contributed by atoms with Gasteiger partial charge in [0.15, 0.2) is 0 Å². The Balaban J connectivity index is 5.02. The minimum Gasteiger partial charge on any atom is -0.383 e. The molecule has 0 radical (unpaired) electrons. The smallest absolute Gasteiger partial charge is 0.105 e. The molecule has 0 aromatic carbocycles. The van der Waals surface area contributed by atoms with Gasteiger partial charge in [0.1, 0.15) is 6.33 Å². The van der Waals surface area contributed by atoms with E-state index in [0.717, 1.165) is 11.1 Å². The number of nitrogens with one attached hydrogen (secondary N) is 1. The molecular formula is C13H17FN2. The number of nitriles is 1. The average Bonchev–Trinajstić information content (AvgIpc) is 2.32. The Morgan fingerprint density at radius 1 is 1.50 bits per heavy atom. The summed E-state index contributed by atoms with van der Waals surface area (Å²) >= 11 is 0. The lowest BCUT2D eigenvalue weighted by atomic mass is 10.0. The van der Waals surface area contributed by atoms with Gasteiger partial charge in [0.05, 0.1) is 6.07 Å². The molecule has 0 fully saturated rings. The molecule has 0 aliphatic heterocycles. The van der Waals surface area contributed by atoms with Crippen LogP contribution in [0.5, 0.6) is 0 Å². The van der Waals surface area contributed by atoms with Crippen LogP contribution in [0.4, 0.5) is 4.39 Å². The summed E-state index contributed by atoms with van der Waals surface area (Å²) in [5.74, 6) is 0. The molecule has 2 nitrogen and oxygen atoms in total. The zero-order chi connectivity index (χ0) is 12.6. The van der Waals surface area contributed by atoms with Crippen molar-refractivity contribution in [3.8, 4) is 6.07 Å². The second-order valence-electron chi connectivity index (χ2n) is 3.31. The molecule has 0 aliphatic rings. The SMILES string of the molecule is C=CC(=C\C)/C(CN/C(C)=C/F)=C(/C)C#N. The third-order valence-electron chi connectivity index (χ3n) is 2.21. The summed E-state index contributed by atoms with van der Waals surface area (Å²) in [5, 5.41) is 11.8. The highest BCUT2D eigenvalue weighted by Crippen LogP contribution is 2.15. The van der Waals surface area contributed by atoms with E-state index < -0.39 is 0 Å². The van der Waals surface area contributed by atoms with Crippen molar-refractivity contribution in [1.29, 1.82) is 5.26 Å². The number of hydrogen-bond donors (Lipinski definition) is 1. The zero-order valence-corrected chi connectivity index (χ0v) is 9.97. The first-order chi connectivity index (χ1) is 7.60. The highest BCUT2D eigenvalue weighted by atomic mass is 19.1. The fourth-order valence-electron chi connectivity index (χ4n) is 1.20. The number of allylic oxidation sites excluding steroid dienone is 4. The molecule has 86 valence electrons. The highest BCUT2D eigenvalue weighted by Gasteiger charge is 2.05. The molecule has 0 aromatic rings. The summed E-state index contributed by atoms with van der Waals surface area (Å²) in [6, 6.07) is 2.09. The quantitative estimate of drug-likeness (QED) is 0.569. The van der Waals surface area contributed by atoms with Gasteiger partial charge in [-0.3, -0.25) is 0 Å². The van der Waals surface area contributed by atoms with Gasteiger partial charge in [0, 0.05) is 17.8 Å². The lowest BCUT2D eigenvalue weighted by molar-refractivity contribution is 0.687. The molecule has 16 heavy (non-hydrogen) atoms. The second kappa shape index (κ2) is 7.47. The van der Waals surface area contributed by atoms with Gasteiger partial charge in [-0.1, -0.05) is 18.7 Å². The van der Waals surface area contributed by atoms with E-state index in [-0.39, 0.29) is 0 Å². The minimum atomic E-state index is 0.414. The van der Waals surface area contributed by atoms with Crippen molar-refractivity contribution >= 4 is 0 Å². The van der Waals surface area contributed by atoms with Gasteiger partial charge in [0.25, 0.3) is 0 Å². The maximum atomic E-state index is 12.1. The van der Waals surface area contributed by atoms with E-state index in [4.69, 9.17) is 5.26 Å². The van der Waals surface area contributed by atoms with Crippen molar-refractivity contribution in [2.75, 3.05) is 6.54 Å². The van der Waals surface area contributed by atoms with Crippen molar-refractivity contribution < 1.29 is 4.39 Å². The minimum absolute atomic E-state index is 0.414. The number of nitrogens with zero attached hydrogens (tertiary/aromatic N) is 1. The van der Waals surface area contributed by atoms with Gasteiger partial charge in [-0.2, -0.15) is 5.26 Å². The summed E-state index contributed by atoms with van der Waals surface area (Å²) in [5.41, 5.74) is 2.76. The first kappa shape index (κ1) is 14.2. The Kier molecular flexibility index (Phi) is 6.62. The van der Waals surface area contributed by atoms with Crippen LogP contribution in [0.1, 0.15) is 20.8 Å². The molecule has 0 aliphatic carbocycles. The van der Waals surface area contributed by atoms with Crippen molar-refractivity contribution in [2.45, 2.75) is 20.8 Å². The molecule has 0 aromatic heterocycles. The van der Waals surface area contributed by atoms with E-state index in [1.54, 1.807) is 19.9 Å². The Morgan fingerprint density at radius 2 is 2.12 bits per heavy atom. The van der Waals surface area contributed by atoms with Crippen LogP contribution < -0.4 is 5.32 Å².